The highest BCUT2D eigenvalue weighted by Gasteiger charge is 2.14. The number of hydrogen-bond acceptors (Lipinski definition) is 3. The molecule has 1 N–H and O–H groups in total. The van der Waals surface area contributed by atoms with Gasteiger partial charge in [0.15, 0.2) is 0 Å². The third-order valence-electron chi connectivity index (χ3n) is 3.83. The largest absolute Gasteiger partial charge is 0.310 e. The van der Waals surface area contributed by atoms with Gasteiger partial charge in [0, 0.05) is 24.0 Å². The molecule has 2 nitrogen and oxygen atoms in total. The molecule has 18 heavy (non-hydrogen) atoms. The van der Waals surface area contributed by atoms with E-state index in [1.807, 2.05) is 11.3 Å². The average Bonchev–Trinajstić information content (AvgIpc) is 2.81. The van der Waals surface area contributed by atoms with Gasteiger partial charge in [-0.25, -0.2) is 0 Å². The van der Waals surface area contributed by atoms with E-state index in [9.17, 15) is 0 Å². The number of hydrogen-bond donors (Lipinski definition) is 1. The van der Waals surface area contributed by atoms with Crippen LogP contribution in [0.25, 0.3) is 0 Å². The van der Waals surface area contributed by atoms with E-state index in [2.05, 4.69) is 34.7 Å². The van der Waals surface area contributed by atoms with Gasteiger partial charge in [0.2, 0.25) is 0 Å². The summed E-state index contributed by atoms with van der Waals surface area (Å²) < 4.78 is 0. The van der Waals surface area contributed by atoms with Crippen LogP contribution in [0, 0.1) is 0 Å². The highest BCUT2D eigenvalue weighted by molar-refractivity contribution is 7.09. The van der Waals surface area contributed by atoms with Crippen LogP contribution in [0.3, 0.4) is 0 Å². The first-order chi connectivity index (χ1) is 8.86. The lowest BCUT2D eigenvalue weighted by atomic mass is 10.1. The Bertz CT molecular complexity index is 302. The second-order valence-corrected chi connectivity index (χ2v) is 6.40. The SMILES string of the molecule is CC(CNCc1cccs1)N1CCCCCCC1. The number of rotatable bonds is 5. The fraction of sp³-hybridized carbons (Fsp3) is 0.733. The van der Waals surface area contributed by atoms with Crippen LogP contribution < -0.4 is 5.32 Å². The third-order valence-corrected chi connectivity index (χ3v) is 4.71. The fourth-order valence-electron chi connectivity index (χ4n) is 2.66. The molecule has 2 rings (SSSR count). The molecule has 1 aliphatic heterocycles. The van der Waals surface area contributed by atoms with E-state index in [0.717, 1.165) is 13.1 Å². The lowest BCUT2D eigenvalue weighted by Crippen LogP contribution is -2.41. The molecule has 0 aromatic carbocycles. The van der Waals surface area contributed by atoms with E-state index in [-0.39, 0.29) is 0 Å². The highest BCUT2D eigenvalue weighted by Crippen LogP contribution is 2.13. The van der Waals surface area contributed by atoms with Crippen LogP contribution in [0.15, 0.2) is 17.5 Å². The van der Waals surface area contributed by atoms with Gasteiger partial charge in [-0.3, -0.25) is 4.90 Å². The summed E-state index contributed by atoms with van der Waals surface area (Å²) in [5.41, 5.74) is 0. The van der Waals surface area contributed by atoms with Crippen molar-refractivity contribution in [1.29, 1.82) is 0 Å². The molecule has 1 aromatic heterocycles. The summed E-state index contributed by atoms with van der Waals surface area (Å²) in [7, 11) is 0. The lowest BCUT2D eigenvalue weighted by molar-refractivity contribution is 0.186. The topological polar surface area (TPSA) is 15.3 Å². The number of nitrogens with zero attached hydrogens (tertiary/aromatic N) is 1. The Morgan fingerprint density at radius 2 is 1.94 bits per heavy atom. The smallest absolute Gasteiger partial charge is 0.0300 e. The van der Waals surface area contributed by atoms with Crippen molar-refractivity contribution in [1.82, 2.24) is 10.2 Å². The molecule has 1 fully saturated rings. The van der Waals surface area contributed by atoms with E-state index in [1.165, 1.54) is 50.1 Å². The van der Waals surface area contributed by atoms with Gasteiger partial charge in [0.25, 0.3) is 0 Å². The molecule has 1 aromatic rings. The summed E-state index contributed by atoms with van der Waals surface area (Å²) in [6, 6.07) is 5.00. The predicted molar refractivity (Wildman–Crippen MR) is 80.1 cm³/mol. The molecule has 0 amide bonds. The molecule has 1 saturated heterocycles. The van der Waals surface area contributed by atoms with Crippen LogP contribution in [0.2, 0.25) is 0 Å². The Kier molecular flexibility index (Phi) is 6.18. The summed E-state index contributed by atoms with van der Waals surface area (Å²) >= 11 is 1.84. The number of nitrogens with one attached hydrogen (secondary N) is 1. The van der Waals surface area contributed by atoms with Crippen LogP contribution >= 0.6 is 11.3 Å². The van der Waals surface area contributed by atoms with E-state index in [4.69, 9.17) is 0 Å². The molecule has 1 unspecified atom stereocenters. The van der Waals surface area contributed by atoms with E-state index in [0.29, 0.717) is 6.04 Å². The summed E-state index contributed by atoms with van der Waals surface area (Å²) in [5.74, 6) is 0. The lowest BCUT2D eigenvalue weighted by Gasteiger charge is -2.30. The van der Waals surface area contributed by atoms with Crippen molar-refractivity contribution in [2.75, 3.05) is 19.6 Å². The van der Waals surface area contributed by atoms with Crippen molar-refractivity contribution in [2.45, 2.75) is 51.6 Å². The van der Waals surface area contributed by atoms with Crippen molar-refractivity contribution in [3.8, 4) is 0 Å². The Labute approximate surface area is 115 Å². The fourth-order valence-corrected chi connectivity index (χ4v) is 3.33. The molecule has 0 spiro atoms. The monoisotopic (exact) mass is 266 g/mol. The minimum atomic E-state index is 0.670. The first kappa shape index (κ1) is 14.0. The maximum Gasteiger partial charge on any atom is 0.0300 e. The second kappa shape index (κ2) is 7.93. The Hall–Kier alpha value is -0.380. The average molecular weight is 266 g/mol. The van der Waals surface area contributed by atoms with Gasteiger partial charge in [-0.1, -0.05) is 25.3 Å². The zero-order valence-electron chi connectivity index (χ0n) is 11.5. The standard InChI is InChI=1S/C15H26N2S/c1-14(12-16-13-15-8-7-11-18-15)17-9-5-3-2-4-6-10-17/h7-8,11,14,16H,2-6,9-10,12-13H2,1H3. The van der Waals surface area contributed by atoms with Crippen molar-refractivity contribution in [3.63, 3.8) is 0 Å². The van der Waals surface area contributed by atoms with Gasteiger partial charge in [0.1, 0.15) is 0 Å². The molecule has 1 aliphatic rings. The minimum absolute atomic E-state index is 0.670. The first-order valence-corrected chi connectivity index (χ1v) is 8.21. The summed E-state index contributed by atoms with van der Waals surface area (Å²) in [4.78, 5) is 4.11. The minimum Gasteiger partial charge on any atom is -0.310 e. The van der Waals surface area contributed by atoms with E-state index < -0.39 is 0 Å². The number of likely N-dealkylation sites (tertiary alicyclic amines) is 1. The zero-order valence-corrected chi connectivity index (χ0v) is 12.3. The van der Waals surface area contributed by atoms with Gasteiger partial charge in [-0.05, 0) is 44.3 Å². The molecular formula is C15H26N2S. The highest BCUT2D eigenvalue weighted by atomic mass is 32.1. The molecule has 2 heterocycles. The quantitative estimate of drug-likeness (QED) is 0.877. The Morgan fingerprint density at radius 3 is 2.61 bits per heavy atom. The van der Waals surface area contributed by atoms with Gasteiger partial charge < -0.3 is 5.32 Å². The summed E-state index contributed by atoms with van der Waals surface area (Å²) in [6.07, 6.45) is 7.06. The molecule has 3 heteroatoms. The third kappa shape index (κ3) is 4.71. The van der Waals surface area contributed by atoms with Crippen LogP contribution in [-0.4, -0.2) is 30.6 Å². The molecule has 0 radical (unpaired) electrons. The molecule has 1 atom stereocenters. The van der Waals surface area contributed by atoms with Crippen molar-refractivity contribution < 1.29 is 0 Å². The van der Waals surface area contributed by atoms with Gasteiger partial charge in [-0.2, -0.15) is 0 Å². The summed E-state index contributed by atoms with van der Waals surface area (Å²) in [5, 5.41) is 5.74. The Morgan fingerprint density at radius 1 is 1.22 bits per heavy atom. The zero-order chi connectivity index (χ0) is 12.6. The molecule has 0 bridgehead atoms. The normalized spacial score (nSPS) is 20.3. The van der Waals surface area contributed by atoms with Crippen molar-refractivity contribution in [2.24, 2.45) is 0 Å². The van der Waals surface area contributed by atoms with Crippen LogP contribution in [-0.2, 0) is 6.54 Å². The Balaban J connectivity index is 1.67. The van der Waals surface area contributed by atoms with Crippen LogP contribution in [0.1, 0.15) is 43.9 Å². The molecular weight excluding hydrogens is 240 g/mol. The maximum atomic E-state index is 3.59. The predicted octanol–water partition coefficient (Wildman–Crippen LogP) is 3.49. The first-order valence-electron chi connectivity index (χ1n) is 7.33. The number of thiophene rings is 1. The molecule has 102 valence electrons. The van der Waals surface area contributed by atoms with E-state index >= 15 is 0 Å². The van der Waals surface area contributed by atoms with Crippen molar-refractivity contribution >= 4 is 11.3 Å². The van der Waals surface area contributed by atoms with Crippen LogP contribution in [0.4, 0.5) is 0 Å². The van der Waals surface area contributed by atoms with Crippen LogP contribution in [0.5, 0.6) is 0 Å². The maximum absolute atomic E-state index is 3.59. The molecule has 0 saturated carbocycles. The van der Waals surface area contributed by atoms with Crippen molar-refractivity contribution in [3.05, 3.63) is 22.4 Å². The second-order valence-electron chi connectivity index (χ2n) is 5.36. The van der Waals surface area contributed by atoms with E-state index in [1.54, 1.807) is 0 Å². The molecule has 0 aliphatic carbocycles. The van der Waals surface area contributed by atoms with Gasteiger partial charge in [0.05, 0.1) is 0 Å². The van der Waals surface area contributed by atoms with Gasteiger partial charge >= 0.3 is 0 Å². The van der Waals surface area contributed by atoms with Gasteiger partial charge in [-0.15, -0.1) is 11.3 Å². The summed E-state index contributed by atoms with van der Waals surface area (Å²) in [6.45, 7) is 7.08.